The molecule has 2 aliphatic carbocycles. The van der Waals surface area contributed by atoms with Crippen LogP contribution in [0.1, 0.15) is 51.4 Å². The molecule has 0 aromatic rings. The second-order valence-corrected chi connectivity index (χ2v) is 9.04. The number of aliphatic hydroxyl groups excluding tert-OH is 1. The molecule has 0 saturated heterocycles. The van der Waals surface area contributed by atoms with Gasteiger partial charge in [0.25, 0.3) is 0 Å². The maximum absolute atomic E-state index is 11.7. The van der Waals surface area contributed by atoms with E-state index in [0.717, 1.165) is 38.6 Å². The second kappa shape index (κ2) is 7.23. The maximum atomic E-state index is 11.7. The van der Waals surface area contributed by atoms with Crippen LogP contribution >= 0.6 is 0 Å². The zero-order valence-electron chi connectivity index (χ0n) is 12.6. The summed E-state index contributed by atoms with van der Waals surface area (Å²) in [6.07, 6.45) is 9.87. The molecule has 20 heavy (non-hydrogen) atoms. The molecule has 2 rings (SSSR count). The third-order valence-electron chi connectivity index (χ3n) is 5.20. The zero-order chi connectivity index (χ0) is 14.6. The number of aliphatic hydroxyl groups is 1. The van der Waals surface area contributed by atoms with Crippen molar-refractivity contribution in [2.45, 2.75) is 62.7 Å². The third-order valence-corrected chi connectivity index (χ3v) is 6.84. The molecule has 118 valence electrons. The lowest BCUT2D eigenvalue weighted by molar-refractivity contribution is 0.129. The van der Waals surface area contributed by atoms with Crippen molar-refractivity contribution in [1.82, 2.24) is 5.32 Å². The molecule has 4 atom stereocenters. The Morgan fingerprint density at radius 3 is 2.40 bits per heavy atom. The van der Waals surface area contributed by atoms with E-state index in [1.807, 2.05) is 0 Å². The molecule has 0 aromatic heterocycles. The average molecular weight is 303 g/mol. The highest BCUT2D eigenvalue weighted by Crippen LogP contribution is 2.30. The largest absolute Gasteiger partial charge is 0.396 e. The molecule has 0 aliphatic heterocycles. The summed E-state index contributed by atoms with van der Waals surface area (Å²) in [7, 11) is -2.90. The van der Waals surface area contributed by atoms with Crippen molar-refractivity contribution in [3.05, 3.63) is 0 Å². The summed E-state index contributed by atoms with van der Waals surface area (Å²) in [4.78, 5) is 0. The van der Waals surface area contributed by atoms with Crippen LogP contribution in [0.4, 0.5) is 0 Å². The van der Waals surface area contributed by atoms with Gasteiger partial charge in [0.15, 0.2) is 0 Å². The minimum Gasteiger partial charge on any atom is -0.396 e. The predicted molar refractivity (Wildman–Crippen MR) is 81.4 cm³/mol. The molecule has 0 amide bonds. The van der Waals surface area contributed by atoms with Crippen molar-refractivity contribution in [3.63, 3.8) is 0 Å². The lowest BCUT2D eigenvalue weighted by Crippen LogP contribution is -2.42. The average Bonchev–Trinajstić information content (AvgIpc) is 2.45. The van der Waals surface area contributed by atoms with E-state index in [1.165, 1.54) is 25.5 Å². The summed E-state index contributed by atoms with van der Waals surface area (Å²) in [6, 6.07) is 0.338. The molecular formula is C15H29NO3S. The summed E-state index contributed by atoms with van der Waals surface area (Å²) in [5.41, 5.74) is 0. The van der Waals surface area contributed by atoms with Gasteiger partial charge in [0.05, 0.1) is 5.25 Å². The van der Waals surface area contributed by atoms with Crippen molar-refractivity contribution in [1.29, 1.82) is 0 Å². The number of sulfone groups is 1. The standard InChI is InChI=1S/C15H29NO3S/c1-20(18,19)15-8-4-7-14(9-15)16-10-12-5-2-3-6-13(12)11-17/h12-17H,2-11H2,1H3. The third kappa shape index (κ3) is 4.43. The van der Waals surface area contributed by atoms with Gasteiger partial charge in [0, 0.05) is 18.9 Å². The molecule has 2 N–H and O–H groups in total. The molecule has 0 radical (unpaired) electrons. The van der Waals surface area contributed by atoms with Crippen LogP contribution in [0.2, 0.25) is 0 Å². The smallest absolute Gasteiger partial charge is 0.150 e. The van der Waals surface area contributed by atoms with Crippen LogP contribution in [0, 0.1) is 11.8 Å². The van der Waals surface area contributed by atoms with Crippen LogP contribution in [0.15, 0.2) is 0 Å². The van der Waals surface area contributed by atoms with Crippen molar-refractivity contribution < 1.29 is 13.5 Å². The fraction of sp³-hybridized carbons (Fsp3) is 1.00. The first-order valence-corrected chi connectivity index (χ1v) is 9.99. The van der Waals surface area contributed by atoms with Gasteiger partial charge in [0.2, 0.25) is 0 Å². The quantitative estimate of drug-likeness (QED) is 0.812. The lowest BCUT2D eigenvalue weighted by atomic mass is 9.79. The van der Waals surface area contributed by atoms with Gasteiger partial charge in [-0.05, 0) is 50.5 Å². The first kappa shape index (κ1) is 16.2. The van der Waals surface area contributed by atoms with Gasteiger partial charge in [-0.15, -0.1) is 0 Å². The van der Waals surface area contributed by atoms with Crippen LogP contribution in [-0.4, -0.2) is 44.2 Å². The van der Waals surface area contributed by atoms with Crippen LogP contribution in [-0.2, 0) is 9.84 Å². The van der Waals surface area contributed by atoms with Crippen LogP contribution in [0.25, 0.3) is 0 Å². The highest BCUT2D eigenvalue weighted by molar-refractivity contribution is 7.91. The van der Waals surface area contributed by atoms with Gasteiger partial charge in [-0.3, -0.25) is 0 Å². The molecule has 0 bridgehead atoms. The van der Waals surface area contributed by atoms with Crippen LogP contribution in [0.5, 0.6) is 0 Å². The molecule has 4 unspecified atom stereocenters. The van der Waals surface area contributed by atoms with Gasteiger partial charge in [-0.1, -0.05) is 19.3 Å². The topological polar surface area (TPSA) is 66.4 Å². The monoisotopic (exact) mass is 303 g/mol. The van der Waals surface area contributed by atoms with Gasteiger partial charge >= 0.3 is 0 Å². The Morgan fingerprint density at radius 2 is 1.75 bits per heavy atom. The Labute approximate surface area is 123 Å². The number of hydrogen-bond acceptors (Lipinski definition) is 4. The highest BCUT2D eigenvalue weighted by Gasteiger charge is 2.30. The van der Waals surface area contributed by atoms with Crippen LogP contribution < -0.4 is 5.32 Å². The van der Waals surface area contributed by atoms with Gasteiger partial charge in [-0.25, -0.2) is 8.42 Å². The van der Waals surface area contributed by atoms with Gasteiger partial charge in [-0.2, -0.15) is 0 Å². The van der Waals surface area contributed by atoms with E-state index < -0.39 is 9.84 Å². The van der Waals surface area contributed by atoms with E-state index in [2.05, 4.69) is 5.32 Å². The number of hydrogen-bond donors (Lipinski definition) is 2. The second-order valence-electron chi connectivity index (χ2n) is 6.71. The molecule has 2 fully saturated rings. The van der Waals surface area contributed by atoms with Crippen molar-refractivity contribution in [3.8, 4) is 0 Å². The highest BCUT2D eigenvalue weighted by atomic mass is 32.2. The molecule has 2 aliphatic rings. The normalized spacial score (nSPS) is 35.9. The van der Waals surface area contributed by atoms with Crippen molar-refractivity contribution in [2.24, 2.45) is 11.8 Å². The number of rotatable bonds is 5. The molecular weight excluding hydrogens is 274 g/mol. The maximum Gasteiger partial charge on any atom is 0.150 e. The minimum atomic E-state index is -2.90. The van der Waals surface area contributed by atoms with Crippen molar-refractivity contribution in [2.75, 3.05) is 19.4 Å². The summed E-state index contributed by atoms with van der Waals surface area (Å²) < 4.78 is 23.4. The minimum absolute atomic E-state index is 0.159. The zero-order valence-corrected chi connectivity index (χ0v) is 13.4. The van der Waals surface area contributed by atoms with E-state index in [-0.39, 0.29) is 5.25 Å². The Balaban J connectivity index is 1.81. The van der Waals surface area contributed by atoms with E-state index in [1.54, 1.807) is 0 Å². The number of nitrogens with one attached hydrogen (secondary N) is 1. The first-order valence-electron chi connectivity index (χ1n) is 8.04. The summed E-state index contributed by atoms with van der Waals surface area (Å²) in [5.74, 6) is 0.998. The summed E-state index contributed by atoms with van der Waals surface area (Å²) >= 11 is 0. The summed E-state index contributed by atoms with van der Waals surface area (Å²) in [5, 5.41) is 12.9. The molecule has 0 spiro atoms. The lowest BCUT2D eigenvalue weighted by Gasteiger charge is -2.34. The molecule has 4 nitrogen and oxygen atoms in total. The fourth-order valence-electron chi connectivity index (χ4n) is 3.83. The Morgan fingerprint density at radius 1 is 1.05 bits per heavy atom. The Bertz CT molecular complexity index is 396. The van der Waals surface area contributed by atoms with Crippen LogP contribution in [0.3, 0.4) is 0 Å². The Kier molecular flexibility index (Phi) is 5.87. The van der Waals surface area contributed by atoms with E-state index in [0.29, 0.717) is 24.5 Å². The van der Waals surface area contributed by atoms with Gasteiger partial charge in [0.1, 0.15) is 9.84 Å². The SMILES string of the molecule is CS(=O)(=O)C1CCCC(NCC2CCCCC2CO)C1. The Hall–Kier alpha value is -0.130. The predicted octanol–water partition coefficient (Wildman–Crippen LogP) is 1.73. The first-order chi connectivity index (χ1) is 9.50. The van der Waals surface area contributed by atoms with E-state index >= 15 is 0 Å². The van der Waals surface area contributed by atoms with E-state index in [4.69, 9.17) is 0 Å². The fourth-order valence-corrected chi connectivity index (χ4v) is 5.01. The molecule has 2 saturated carbocycles. The van der Waals surface area contributed by atoms with Gasteiger partial charge < -0.3 is 10.4 Å². The van der Waals surface area contributed by atoms with Crippen molar-refractivity contribution >= 4 is 9.84 Å². The summed E-state index contributed by atoms with van der Waals surface area (Å²) in [6.45, 7) is 1.23. The molecule has 0 heterocycles. The molecule has 5 heteroatoms. The van der Waals surface area contributed by atoms with E-state index in [9.17, 15) is 13.5 Å². The molecule has 0 aromatic carbocycles.